The second kappa shape index (κ2) is 4.07. The zero-order valence-corrected chi connectivity index (χ0v) is 11.4. The lowest BCUT2D eigenvalue weighted by Crippen LogP contribution is -2.67. The van der Waals surface area contributed by atoms with E-state index in [-0.39, 0.29) is 17.5 Å². The zero-order chi connectivity index (χ0) is 14.5. The molecule has 2 aliphatic rings. The van der Waals surface area contributed by atoms with Crippen LogP contribution in [0.15, 0.2) is 18.2 Å². The van der Waals surface area contributed by atoms with Gasteiger partial charge in [0.05, 0.1) is 0 Å². The maximum Gasteiger partial charge on any atom is 0.616 e. The van der Waals surface area contributed by atoms with E-state index in [0.29, 0.717) is 22.3 Å². The number of fused-ring (bicyclic) bond motifs is 1. The fourth-order valence-corrected chi connectivity index (χ4v) is 3.23. The summed E-state index contributed by atoms with van der Waals surface area (Å²) in [5, 5.41) is 0.296. The Morgan fingerprint density at radius 2 is 1.85 bits per heavy atom. The van der Waals surface area contributed by atoms with Crippen LogP contribution in [0.3, 0.4) is 0 Å². The number of nitrogens with zero attached hydrogens (tertiary/aromatic N) is 1. The normalized spacial score (nSPS) is 31.7. The van der Waals surface area contributed by atoms with Crippen LogP contribution in [0.5, 0.6) is 0 Å². The van der Waals surface area contributed by atoms with Crippen LogP contribution in [-0.2, 0) is 18.9 Å². The van der Waals surface area contributed by atoms with Crippen LogP contribution in [-0.4, -0.2) is 49.4 Å². The molecule has 3 rings (SSSR count). The predicted octanol–water partition coefficient (Wildman–Crippen LogP) is -0.141. The van der Waals surface area contributed by atoms with E-state index in [9.17, 15) is 14.4 Å². The first-order valence-electron chi connectivity index (χ1n) is 6.07. The Balaban J connectivity index is 2.22. The van der Waals surface area contributed by atoms with E-state index < -0.39 is 18.6 Å². The molecule has 0 spiro atoms. The van der Waals surface area contributed by atoms with Crippen molar-refractivity contribution < 1.29 is 28.1 Å². The molecule has 0 unspecified atom stereocenters. The maximum absolute atomic E-state index is 11.7. The Morgan fingerprint density at radius 1 is 1.25 bits per heavy atom. The highest BCUT2D eigenvalue weighted by molar-refractivity contribution is 6.81. The van der Waals surface area contributed by atoms with E-state index in [1.807, 2.05) is 0 Å². The minimum absolute atomic E-state index is 0.000300. The number of likely N-dealkylation sites (N-methyl/N-ethyl adjacent to an activating group) is 1. The van der Waals surface area contributed by atoms with Crippen molar-refractivity contribution in [3.8, 4) is 0 Å². The number of benzene rings is 1. The van der Waals surface area contributed by atoms with Crippen LogP contribution in [0.2, 0.25) is 5.02 Å². The lowest BCUT2D eigenvalue weighted by Gasteiger charge is -2.40. The molecule has 0 aromatic heterocycles. The highest BCUT2D eigenvalue weighted by atomic mass is 35.5. The highest BCUT2D eigenvalue weighted by Gasteiger charge is 2.66. The summed E-state index contributed by atoms with van der Waals surface area (Å²) < 4.78 is 10.7. The average molecular weight is 295 g/mol. The fourth-order valence-electron chi connectivity index (χ4n) is 2.97. The van der Waals surface area contributed by atoms with Crippen LogP contribution in [0.1, 0.15) is 10.4 Å². The first-order chi connectivity index (χ1) is 9.40. The number of hydrogen-bond donors (Lipinski definition) is 0. The molecule has 2 heterocycles. The molecule has 0 N–H and O–H groups in total. The number of rotatable bonds is 2. The lowest BCUT2D eigenvalue weighted by molar-refractivity contribution is -0.791. The van der Waals surface area contributed by atoms with Gasteiger partial charge >= 0.3 is 18.6 Å². The third-order valence-electron chi connectivity index (χ3n) is 3.93. The van der Waals surface area contributed by atoms with Crippen LogP contribution in [0, 0.1) is 0 Å². The molecule has 104 valence electrons. The lowest BCUT2D eigenvalue weighted by atomic mass is 9.61. The molecule has 0 radical (unpaired) electrons. The maximum atomic E-state index is 11.7. The molecule has 2 saturated heterocycles. The summed E-state index contributed by atoms with van der Waals surface area (Å²) in [5.74, 6) is -0.903. The van der Waals surface area contributed by atoms with Gasteiger partial charge in [-0.3, -0.25) is 14.4 Å². The molecule has 0 amide bonds. The Hall–Kier alpha value is -1.86. The molecule has 0 atom stereocenters. The predicted molar refractivity (Wildman–Crippen MR) is 70.3 cm³/mol. The van der Waals surface area contributed by atoms with Gasteiger partial charge in [-0.05, 0) is 11.5 Å². The summed E-state index contributed by atoms with van der Waals surface area (Å²) in [6.07, 6.45) is 0.657. The second-order valence-corrected chi connectivity index (χ2v) is 5.75. The van der Waals surface area contributed by atoms with E-state index in [4.69, 9.17) is 20.9 Å². The number of carbonyl (C=O) groups is 3. The monoisotopic (exact) mass is 295 g/mol. The Morgan fingerprint density at radius 3 is 2.40 bits per heavy atom. The van der Waals surface area contributed by atoms with Gasteiger partial charge in [0.25, 0.3) is 0 Å². The Kier molecular flexibility index (Phi) is 2.67. The van der Waals surface area contributed by atoms with E-state index >= 15 is 0 Å². The van der Waals surface area contributed by atoms with Crippen molar-refractivity contribution in [2.45, 2.75) is 0 Å². The van der Waals surface area contributed by atoms with Crippen molar-refractivity contribution >= 4 is 42.0 Å². The van der Waals surface area contributed by atoms with Gasteiger partial charge in [-0.1, -0.05) is 23.7 Å². The van der Waals surface area contributed by atoms with Crippen LogP contribution >= 0.6 is 11.6 Å². The smallest absolute Gasteiger partial charge is 0.596 e. The third-order valence-corrected chi connectivity index (χ3v) is 4.28. The van der Waals surface area contributed by atoms with Crippen LogP contribution < -0.4 is 5.46 Å². The second-order valence-electron chi connectivity index (χ2n) is 5.35. The van der Waals surface area contributed by atoms with Crippen molar-refractivity contribution in [1.82, 2.24) is 0 Å². The topological polar surface area (TPSA) is 69.7 Å². The van der Waals surface area contributed by atoms with Crippen molar-refractivity contribution in [3.63, 3.8) is 0 Å². The van der Waals surface area contributed by atoms with Crippen molar-refractivity contribution in [2.24, 2.45) is 0 Å². The number of halogens is 1. The average Bonchev–Trinajstić information content (AvgIpc) is 2.74. The molecule has 0 aliphatic carbocycles. The van der Waals surface area contributed by atoms with Gasteiger partial charge in [-0.2, -0.15) is 0 Å². The molecule has 2 aliphatic heterocycles. The van der Waals surface area contributed by atoms with Crippen LogP contribution in [0.25, 0.3) is 0 Å². The standard InChI is InChI=1S/C12H11BClNO5/c1-15-5-11(17)19-13(15,20-12(18)6-15)9-4-8(7-16)2-3-10(9)14/h2-4,7H,5-6H2,1H3. The first kappa shape index (κ1) is 13.1. The molecule has 1 aromatic rings. The SMILES string of the molecule is C[N+]12CC(=O)O[B-]1(c1cc(C=O)ccc1Cl)OC(=O)C2. The van der Waals surface area contributed by atoms with Gasteiger partial charge in [0.15, 0.2) is 0 Å². The molecular formula is C12H11BClNO5. The molecule has 8 heteroatoms. The summed E-state index contributed by atoms with van der Waals surface area (Å²) in [7, 11) is 1.71. The van der Waals surface area contributed by atoms with Crippen molar-refractivity contribution in [1.29, 1.82) is 0 Å². The van der Waals surface area contributed by atoms with E-state index in [2.05, 4.69) is 0 Å². The molecule has 2 fully saturated rings. The molecule has 20 heavy (non-hydrogen) atoms. The number of aldehydes is 1. The Labute approximate surface area is 119 Å². The number of quaternary nitrogens is 1. The quantitative estimate of drug-likeness (QED) is 0.561. The van der Waals surface area contributed by atoms with Gasteiger partial charge in [-0.15, -0.1) is 0 Å². The van der Waals surface area contributed by atoms with E-state index in [0.717, 1.165) is 0 Å². The third kappa shape index (κ3) is 1.60. The molecule has 0 saturated carbocycles. The summed E-state index contributed by atoms with van der Waals surface area (Å²) in [6.45, 7) is -2.32. The van der Waals surface area contributed by atoms with Crippen LogP contribution in [0.4, 0.5) is 0 Å². The Bertz CT molecular complexity index is 627. The van der Waals surface area contributed by atoms with Gasteiger partial charge in [-0.25, -0.2) is 0 Å². The molecule has 6 nitrogen and oxygen atoms in total. The molecular weight excluding hydrogens is 284 g/mol. The highest BCUT2D eigenvalue weighted by Crippen LogP contribution is 2.34. The zero-order valence-electron chi connectivity index (χ0n) is 10.7. The summed E-state index contributed by atoms with van der Waals surface area (Å²) in [5.41, 5.74) is 0.744. The minimum Gasteiger partial charge on any atom is -0.596 e. The summed E-state index contributed by atoms with van der Waals surface area (Å²) in [4.78, 5) is 34.3. The van der Waals surface area contributed by atoms with Gasteiger partial charge in [0.1, 0.15) is 19.4 Å². The van der Waals surface area contributed by atoms with E-state index in [1.54, 1.807) is 13.1 Å². The summed E-state index contributed by atoms with van der Waals surface area (Å²) >= 11 is 6.16. The largest absolute Gasteiger partial charge is 0.616 e. The van der Waals surface area contributed by atoms with E-state index in [1.165, 1.54) is 12.1 Å². The molecule has 1 aromatic carbocycles. The fraction of sp³-hybridized carbons (Fsp3) is 0.250. The molecule has 0 bridgehead atoms. The number of carbonyl (C=O) groups excluding carboxylic acids is 3. The van der Waals surface area contributed by atoms with Gasteiger partial charge in [0.2, 0.25) is 0 Å². The summed E-state index contributed by atoms with van der Waals surface area (Å²) in [6, 6.07) is 4.58. The van der Waals surface area contributed by atoms with Gasteiger partial charge in [0, 0.05) is 17.6 Å². The van der Waals surface area contributed by atoms with Gasteiger partial charge < -0.3 is 13.7 Å². The van der Waals surface area contributed by atoms with Crippen molar-refractivity contribution in [3.05, 3.63) is 28.8 Å². The first-order valence-corrected chi connectivity index (χ1v) is 6.45. The number of hydrogen-bond acceptors (Lipinski definition) is 5. The minimum atomic E-state index is -2.39. The van der Waals surface area contributed by atoms with Crippen molar-refractivity contribution in [2.75, 3.05) is 20.1 Å².